The summed E-state index contributed by atoms with van der Waals surface area (Å²) >= 11 is 3.47. The number of Topliss-reactive ketones (excluding diaryl/α,β-unsaturated/α-hetero) is 1. The Bertz CT molecular complexity index is 1120. The Balaban J connectivity index is 1.80. The van der Waals surface area contributed by atoms with E-state index in [0.717, 1.165) is 23.0 Å². The molecule has 0 saturated heterocycles. The summed E-state index contributed by atoms with van der Waals surface area (Å²) in [5.41, 5.74) is 3.00. The highest BCUT2D eigenvalue weighted by atomic mass is 79.9. The minimum absolute atomic E-state index is 0.0445. The van der Waals surface area contributed by atoms with E-state index in [9.17, 15) is 13.2 Å². The SMILES string of the molecule is CS(=O)(=O)N(Cc1ccccc1)c1cccc(C(=O)CN(CCBr)Cc2ccccc2)c1. The number of carbonyl (C=O) groups excluding carboxylic acids is 1. The molecule has 0 aliphatic heterocycles. The molecule has 7 heteroatoms. The number of benzene rings is 3. The molecule has 0 N–H and O–H groups in total. The van der Waals surface area contributed by atoms with Gasteiger partial charge in [-0.25, -0.2) is 8.42 Å². The zero-order valence-corrected chi connectivity index (χ0v) is 20.4. The van der Waals surface area contributed by atoms with E-state index in [1.165, 1.54) is 10.6 Å². The van der Waals surface area contributed by atoms with Gasteiger partial charge in [0, 0.05) is 24.0 Å². The summed E-state index contributed by atoms with van der Waals surface area (Å²) in [5.74, 6) is -0.0445. The van der Waals surface area contributed by atoms with Crippen LogP contribution in [0.2, 0.25) is 0 Å². The molecule has 0 aliphatic carbocycles. The van der Waals surface area contributed by atoms with Crippen molar-refractivity contribution in [1.29, 1.82) is 0 Å². The van der Waals surface area contributed by atoms with Crippen molar-refractivity contribution in [3.63, 3.8) is 0 Å². The van der Waals surface area contributed by atoms with Crippen molar-refractivity contribution in [2.45, 2.75) is 13.1 Å². The summed E-state index contributed by atoms with van der Waals surface area (Å²) in [5, 5.41) is 0.756. The lowest BCUT2D eigenvalue weighted by Gasteiger charge is -2.24. The fourth-order valence-corrected chi connectivity index (χ4v) is 4.83. The molecule has 5 nitrogen and oxygen atoms in total. The van der Waals surface area contributed by atoms with E-state index in [-0.39, 0.29) is 18.9 Å². The number of alkyl halides is 1. The van der Waals surface area contributed by atoms with Gasteiger partial charge < -0.3 is 0 Å². The van der Waals surface area contributed by atoms with Gasteiger partial charge in [-0.1, -0.05) is 88.7 Å². The zero-order valence-electron chi connectivity index (χ0n) is 18.0. The highest BCUT2D eigenvalue weighted by Crippen LogP contribution is 2.22. The van der Waals surface area contributed by atoms with E-state index < -0.39 is 10.0 Å². The number of nitrogens with zero attached hydrogens (tertiary/aromatic N) is 2. The quantitative estimate of drug-likeness (QED) is 0.274. The van der Waals surface area contributed by atoms with Gasteiger partial charge in [0.2, 0.25) is 10.0 Å². The third kappa shape index (κ3) is 7.02. The molecule has 0 radical (unpaired) electrons. The molecule has 0 amide bonds. The molecule has 32 heavy (non-hydrogen) atoms. The Morgan fingerprint density at radius 2 is 1.44 bits per heavy atom. The Kier molecular flexibility index (Phi) is 8.61. The first-order valence-electron chi connectivity index (χ1n) is 10.3. The van der Waals surface area contributed by atoms with Crippen LogP contribution in [0.5, 0.6) is 0 Å². The van der Waals surface area contributed by atoms with Crippen LogP contribution >= 0.6 is 15.9 Å². The van der Waals surface area contributed by atoms with Gasteiger partial charge in [-0.2, -0.15) is 0 Å². The summed E-state index contributed by atoms with van der Waals surface area (Å²) < 4.78 is 26.4. The largest absolute Gasteiger partial charge is 0.293 e. The lowest BCUT2D eigenvalue weighted by molar-refractivity contribution is 0.0930. The minimum Gasteiger partial charge on any atom is -0.293 e. The molecule has 3 aromatic rings. The first kappa shape index (κ1) is 24.2. The number of carbonyl (C=O) groups is 1. The standard InChI is InChI=1S/C25H27BrN2O3S/c1-32(30,31)28(19-22-11-6-3-7-12-22)24-14-8-13-23(17-24)25(29)20-27(16-15-26)18-21-9-4-2-5-10-21/h2-14,17H,15-16,18-20H2,1H3. The monoisotopic (exact) mass is 514 g/mol. The number of ketones is 1. The van der Waals surface area contributed by atoms with Gasteiger partial charge in [0.15, 0.2) is 5.78 Å². The molecule has 0 atom stereocenters. The third-order valence-corrected chi connectivity index (χ3v) is 6.54. The van der Waals surface area contributed by atoms with Gasteiger partial charge in [-0.3, -0.25) is 14.0 Å². The molecular formula is C25H27BrN2O3S. The third-order valence-electron chi connectivity index (χ3n) is 5.04. The minimum atomic E-state index is -3.53. The summed E-state index contributed by atoms with van der Waals surface area (Å²) in [7, 11) is -3.53. The van der Waals surface area contributed by atoms with Crippen LogP contribution in [0, 0.1) is 0 Å². The molecule has 0 saturated carbocycles. The highest BCUT2D eigenvalue weighted by molar-refractivity contribution is 9.09. The van der Waals surface area contributed by atoms with Gasteiger partial charge in [0.05, 0.1) is 25.0 Å². The second-order valence-corrected chi connectivity index (χ2v) is 10.3. The maximum Gasteiger partial charge on any atom is 0.232 e. The van der Waals surface area contributed by atoms with Crippen molar-refractivity contribution >= 4 is 37.4 Å². The topological polar surface area (TPSA) is 57.7 Å². The van der Waals surface area contributed by atoms with Crippen molar-refractivity contribution < 1.29 is 13.2 Å². The van der Waals surface area contributed by atoms with Gasteiger partial charge >= 0.3 is 0 Å². The predicted molar refractivity (Wildman–Crippen MR) is 134 cm³/mol. The molecule has 3 aromatic carbocycles. The Morgan fingerprint density at radius 1 is 0.844 bits per heavy atom. The van der Waals surface area contributed by atoms with E-state index in [4.69, 9.17) is 0 Å². The Labute approximate surface area is 198 Å². The van der Waals surface area contributed by atoms with E-state index >= 15 is 0 Å². The average Bonchev–Trinajstić information content (AvgIpc) is 2.78. The van der Waals surface area contributed by atoms with Crippen LogP contribution in [-0.2, 0) is 23.1 Å². The Morgan fingerprint density at radius 3 is 2.00 bits per heavy atom. The first-order chi connectivity index (χ1) is 15.4. The number of anilines is 1. The van der Waals surface area contributed by atoms with E-state index in [1.54, 1.807) is 24.3 Å². The molecule has 0 bridgehead atoms. The average molecular weight is 515 g/mol. The van der Waals surface area contributed by atoms with Gasteiger partial charge in [0.1, 0.15) is 0 Å². The predicted octanol–water partition coefficient (Wildman–Crippen LogP) is 4.73. The molecule has 0 heterocycles. The lowest BCUT2D eigenvalue weighted by Crippen LogP contribution is -2.32. The normalized spacial score (nSPS) is 11.5. The molecular weight excluding hydrogens is 488 g/mol. The molecule has 0 fully saturated rings. The summed E-state index contributed by atoms with van der Waals surface area (Å²) in [6, 6.07) is 26.3. The fraction of sp³-hybridized carbons (Fsp3) is 0.240. The number of hydrogen-bond donors (Lipinski definition) is 0. The summed E-state index contributed by atoms with van der Waals surface area (Å²) in [6.45, 7) is 1.85. The van der Waals surface area contributed by atoms with Crippen molar-refractivity contribution in [3.05, 3.63) is 102 Å². The summed E-state index contributed by atoms with van der Waals surface area (Å²) in [6.07, 6.45) is 1.18. The second kappa shape index (κ2) is 11.4. The van der Waals surface area contributed by atoms with Crippen LogP contribution in [0.15, 0.2) is 84.9 Å². The molecule has 0 spiro atoms. The van der Waals surface area contributed by atoms with Crippen molar-refractivity contribution in [1.82, 2.24) is 4.90 Å². The number of hydrogen-bond acceptors (Lipinski definition) is 4. The van der Waals surface area contributed by atoms with E-state index in [2.05, 4.69) is 20.8 Å². The number of rotatable bonds is 11. The van der Waals surface area contributed by atoms with Gasteiger partial charge in [-0.15, -0.1) is 0 Å². The fourth-order valence-electron chi connectivity index (χ4n) is 3.45. The number of halogens is 1. The smallest absolute Gasteiger partial charge is 0.232 e. The van der Waals surface area contributed by atoms with Crippen LogP contribution < -0.4 is 4.31 Å². The lowest BCUT2D eigenvalue weighted by atomic mass is 10.1. The van der Waals surface area contributed by atoms with Crippen molar-refractivity contribution in [3.8, 4) is 0 Å². The highest BCUT2D eigenvalue weighted by Gasteiger charge is 2.20. The van der Waals surface area contributed by atoms with Crippen molar-refractivity contribution in [2.24, 2.45) is 0 Å². The second-order valence-electron chi connectivity index (χ2n) is 7.61. The Hall–Kier alpha value is -2.48. The van der Waals surface area contributed by atoms with Crippen LogP contribution in [0.25, 0.3) is 0 Å². The molecule has 0 aromatic heterocycles. The van der Waals surface area contributed by atoms with E-state index in [0.29, 0.717) is 17.8 Å². The van der Waals surface area contributed by atoms with Crippen LogP contribution in [-0.4, -0.2) is 43.8 Å². The summed E-state index contributed by atoms with van der Waals surface area (Å²) in [4.78, 5) is 15.2. The van der Waals surface area contributed by atoms with E-state index in [1.807, 2.05) is 60.7 Å². The maximum atomic E-state index is 13.1. The maximum absolute atomic E-state index is 13.1. The van der Waals surface area contributed by atoms with Crippen molar-refractivity contribution in [2.75, 3.05) is 29.0 Å². The number of sulfonamides is 1. The van der Waals surface area contributed by atoms with Gasteiger partial charge in [0.25, 0.3) is 0 Å². The van der Waals surface area contributed by atoms with Crippen LogP contribution in [0.1, 0.15) is 21.5 Å². The molecule has 168 valence electrons. The molecule has 0 unspecified atom stereocenters. The first-order valence-corrected chi connectivity index (χ1v) is 13.3. The van der Waals surface area contributed by atoms with Gasteiger partial charge in [-0.05, 0) is 23.3 Å². The molecule has 0 aliphatic rings. The van der Waals surface area contributed by atoms with Crippen LogP contribution in [0.3, 0.4) is 0 Å². The van der Waals surface area contributed by atoms with Crippen LogP contribution in [0.4, 0.5) is 5.69 Å². The zero-order chi connectivity index (χ0) is 23.0. The molecule has 3 rings (SSSR count).